The summed E-state index contributed by atoms with van der Waals surface area (Å²) in [5, 5.41) is 3.52. The lowest BCUT2D eigenvalue weighted by atomic mass is 10.1. The summed E-state index contributed by atoms with van der Waals surface area (Å²) >= 11 is 3.58. The number of hydrogen-bond donors (Lipinski definition) is 1. The van der Waals surface area contributed by atoms with E-state index in [2.05, 4.69) is 60.7 Å². The molecular weight excluding hydrogens is 262 g/mol. The molecule has 0 aliphatic rings. The Morgan fingerprint density at radius 1 is 1.38 bits per heavy atom. The molecule has 0 saturated heterocycles. The van der Waals surface area contributed by atoms with Gasteiger partial charge in [-0.2, -0.15) is 0 Å². The molecule has 0 aliphatic carbocycles. The van der Waals surface area contributed by atoms with E-state index < -0.39 is 0 Å². The molecule has 0 heterocycles. The third-order valence-electron chi connectivity index (χ3n) is 2.65. The summed E-state index contributed by atoms with van der Waals surface area (Å²) < 4.78 is 1.21. The first-order valence-corrected chi connectivity index (χ1v) is 6.48. The number of rotatable bonds is 5. The molecule has 0 bridgehead atoms. The van der Waals surface area contributed by atoms with Crippen LogP contribution in [0.15, 0.2) is 29.3 Å². The smallest absolute Gasteiger partial charge is 0.0348 e. The van der Waals surface area contributed by atoms with Crippen LogP contribution in [0.2, 0.25) is 0 Å². The van der Waals surface area contributed by atoms with E-state index in [9.17, 15) is 0 Å². The highest BCUT2D eigenvalue weighted by Crippen LogP contribution is 2.25. The summed E-state index contributed by atoms with van der Waals surface area (Å²) in [4.78, 5) is 0. The molecule has 1 unspecified atom stereocenters. The molecule has 1 atom stereocenters. The Bertz CT molecular complexity index is 348. The maximum atomic E-state index is 3.75. The van der Waals surface area contributed by atoms with Crippen molar-refractivity contribution in [3.8, 4) is 0 Å². The van der Waals surface area contributed by atoms with E-state index in [4.69, 9.17) is 0 Å². The highest BCUT2D eigenvalue weighted by molar-refractivity contribution is 9.10. The lowest BCUT2D eigenvalue weighted by Crippen LogP contribution is -2.14. The van der Waals surface area contributed by atoms with Gasteiger partial charge >= 0.3 is 0 Å². The van der Waals surface area contributed by atoms with Crippen molar-refractivity contribution in [2.75, 3.05) is 5.32 Å². The SMILES string of the molecule is C=CCCC(C)Nc1cc(C)c(Br)c(C)c1. The Morgan fingerprint density at radius 2 is 1.94 bits per heavy atom. The molecule has 1 aromatic rings. The fraction of sp³-hybridized carbons (Fsp3) is 0.429. The van der Waals surface area contributed by atoms with E-state index in [1.807, 2.05) is 6.08 Å². The summed E-state index contributed by atoms with van der Waals surface area (Å²) in [6.07, 6.45) is 4.15. The average Bonchev–Trinajstić information content (AvgIpc) is 2.23. The van der Waals surface area contributed by atoms with E-state index >= 15 is 0 Å². The van der Waals surface area contributed by atoms with E-state index in [-0.39, 0.29) is 0 Å². The lowest BCUT2D eigenvalue weighted by molar-refractivity contribution is 0.719. The third-order valence-corrected chi connectivity index (χ3v) is 3.90. The van der Waals surface area contributed by atoms with Crippen LogP contribution in [0.1, 0.15) is 30.9 Å². The van der Waals surface area contributed by atoms with Crippen LogP contribution in [0.25, 0.3) is 0 Å². The molecule has 0 aliphatic heterocycles. The number of hydrogen-bond acceptors (Lipinski definition) is 1. The van der Waals surface area contributed by atoms with Crippen LogP contribution in [0, 0.1) is 13.8 Å². The molecule has 1 N–H and O–H groups in total. The van der Waals surface area contributed by atoms with Gasteiger partial charge in [0.25, 0.3) is 0 Å². The van der Waals surface area contributed by atoms with Crippen LogP contribution >= 0.6 is 15.9 Å². The summed E-state index contributed by atoms with van der Waals surface area (Å²) in [6, 6.07) is 4.85. The van der Waals surface area contributed by atoms with Crippen molar-refractivity contribution < 1.29 is 0 Å². The molecule has 16 heavy (non-hydrogen) atoms. The molecule has 0 fully saturated rings. The van der Waals surface area contributed by atoms with Gasteiger partial charge in [-0.1, -0.05) is 22.0 Å². The summed E-state index contributed by atoms with van der Waals surface area (Å²) in [5.74, 6) is 0. The standard InChI is InChI=1S/C14H20BrN/c1-5-6-7-12(4)16-13-8-10(2)14(15)11(3)9-13/h5,8-9,12,16H,1,6-7H2,2-4H3. The normalized spacial score (nSPS) is 12.2. The Hall–Kier alpha value is -0.760. The number of anilines is 1. The van der Waals surface area contributed by atoms with Crippen molar-refractivity contribution in [3.05, 3.63) is 40.4 Å². The van der Waals surface area contributed by atoms with Gasteiger partial charge in [-0.05, 0) is 56.9 Å². The van der Waals surface area contributed by atoms with Gasteiger partial charge in [-0.15, -0.1) is 6.58 Å². The molecule has 0 amide bonds. The summed E-state index contributed by atoms with van der Waals surface area (Å²) in [7, 11) is 0. The Balaban J connectivity index is 2.70. The van der Waals surface area contributed by atoms with Gasteiger partial charge in [0.15, 0.2) is 0 Å². The topological polar surface area (TPSA) is 12.0 Å². The highest BCUT2D eigenvalue weighted by Gasteiger charge is 2.05. The van der Waals surface area contributed by atoms with Gasteiger partial charge in [0.2, 0.25) is 0 Å². The van der Waals surface area contributed by atoms with E-state index in [0.717, 1.165) is 12.8 Å². The summed E-state index contributed by atoms with van der Waals surface area (Å²) in [5.41, 5.74) is 3.76. The van der Waals surface area contributed by atoms with E-state index in [0.29, 0.717) is 6.04 Å². The third kappa shape index (κ3) is 3.67. The molecule has 0 saturated carbocycles. The Morgan fingerprint density at radius 3 is 2.44 bits per heavy atom. The first kappa shape index (κ1) is 13.3. The lowest BCUT2D eigenvalue weighted by Gasteiger charge is -2.16. The second kappa shape index (κ2) is 6.09. The van der Waals surface area contributed by atoms with Crippen molar-refractivity contribution in [2.45, 2.75) is 39.7 Å². The van der Waals surface area contributed by atoms with Gasteiger partial charge in [0.05, 0.1) is 0 Å². The van der Waals surface area contributed by atoms with Crippen LogP contribution in [-0.2, 0) is 0 Å². The first-order chi connectivity index (χ1) is 7.54. The molecular formula is C14H20BrN. The second-order valence-electron chi connectivity index (χ2n) is 4.34. The molecule has 88 valence electrons. The minimum Gasteiger partial charge on any atom is -0.383 e. The van der Waals surface area contributed by atoms with Gasteiger partial charge in [-0.25, -0.2) is 0 Å². The van der Waals surface area contributed by atoms with Crippen LogP contribution in [0.5, 0.6) is 0 Å². The van der Waals surface area contributed by atoms with Crippen molar-refractivity contribution in [3.63, 3.8) is 0 Å². The second-order valence-corrected chi connectivity index (χ2v) is 5.13. The van der Waals surface area contributed by atoms with Gasteiger partial charge in [0, 0.05) is 16.2 Å². The Labute approximate surface area is 107 Å². The van der Waals surface area contributed by atoms with Crippen LogP contribution in [0.3, 0.4) is 0 Å². The van der Waals surface area contributed by atoms with Crippen molar-refractivity contribution in [2.24, 2.45) is 0 Å². The minimum absolute atomic E-state index is 0.484. The van der Waals surface area contributed by atoms with E-state index in [1.54, 1.807) is 0 Å². The zero-order chi connectivity index (χ0) is 12.1. The summed E-state index contributed by atoms with van der Waals surface area (Å²) in [6.45, 7) is 10.2. The number of aryl methyl sites for hydroxylation is 2. The van der Waals surface area contributed by atoms with E-state index in [1.165, 1.54) is 21.3 Å². The van der Waals surface area contributed by atoms with Crippen LogP contribution < -0.4 is 5.32 Å². The van der Waals surface area contributed by atoms with Gasteiger partial charge < -0.3 is 5.32 Å². The minimum atomic E-state index is 0.484. The quantitative estimate of drug-likeness (QED) is 0.762. The fourth-order valence-electron chi connectivity index (χ4n) is 1.75. The predicted octanol–water partition coefficient (Wildman–Crippen LogP) is 4.83. The monoisotopic (exact) mass is 281 g/mol. The number of allylic oxidation sites excluding steroid dienone is 1. The van der Waals surface area contributed by atoms with Crippen molar-refractivity contribution in [1.29, 1.82) is 0 Å². The molecule has 0 radical (unpaired) electrons. The fourth-order valence-corrected chi connectivity index (χ4v) is 1.98. The largest absolute Gasteiger partial charge is 0.383 e. The maximum absolute atomic E-state index is 3.75. The average molecular weight is 282 g/mol. The molecule has 0 spiro atoms. The maximum Gasteiger partial charge on any atom is 0.0348 e. The first-order valence-electron chi connectivity index (χ1n) is 5.68. The highest BCUT2D eigenvalue weighted by atomic mass is 79.9. The number of nitrogens with one attached hydrogen (secondary N) is 1. The van der Waals surface area contributed by atoms with Crippen molar-refractivity contribution >= 4 is 21.6 Å². The zero-order valence-corrected chi connectivity index (χ0v) is 11.9. The molecule has 1 aromatic carbocycles. The Kier molecular flexibility index (Phi) is 5.07. The molecule has 0 aromatic heterocycles. The molecule has 1 nitrogen and oxygen atoms in total. The van der Waals surface area contributed by atoms with Crippen LogP contribution in [-0.4, -0.2) is 6.04 Å². The number of benzene rings is 1. The van der Waals surface area contributed by atoms with Gasteiger partial charge in [-0.3, -0.25) is 0 Å². The molecule has 2 heteroatoms. The zero-order valence-electron chi connectivity index (χ0n) is 10.3. The van der Waals surface area contributed by atoms with Gasteiger partial charge in [0.1, 0.15) is 0 Å². The molecule has 1 rings (SSSR count). The van der Waals surface area contributed by atoms with Crippen molar-refractivity contribution in [1.82, 2.24) is 0 Å². The predicted molar refractivity (Wildman–Crippen MR) is 76.1 cm³/mol. The number of halogens is 1. The van der Waals surface area contributed by atoms with Crippen LogP contribution in [0.4, 0.5) is 5.69 Å².